The average Bonchev–Trinajstić information content (AvgIpc) is 2.15. The third-order valence-electron chi connectivity index (χ3n) is 1.95. The van der Waals surface area contributed by atoms with Crippen molar-refractivity contribution in [3.8, 4) is 5.88 Å². The Morgan fingerprint density at radius 3 is 3.00 bits per heavy atom. The average molecular weight is 195 g/mol. The van der Waals surface area contributed by atoms with Gasteiger partial charge in [0.2, 0.25) is 11.8 Å². The van der Waals surface area contributed by atoms with E-state index in [0.717, 1.165) is 0 Å². The fourth-order valence-electron chi connectivity index (χ4n) is 1.24. The summed E-state index contributed by atoms with van der Waals surface area (Å²) in [6.07, 6.45) is 3.94. The maximum atomic E-state index is 5.47. The molecule has 0 saturated heterocycles. The van der Waals surface area contributed by atoms with Gasteiger partial charge in [-0.15, -0.1) is 0 Å². The van der Waals surface area contributed by atoms with Crippen molar-refractivity contribution in [1.29, 1.82) is 0 Å². The molecule has 4 heteroatoms. The summed E-state index contributed by atoms with van der Waals surface area (Å²) in [5.74, 6) is 1.36. The number of hydrogen-bond acceptors (Lipinski definition) is 4. The van der Waals surface area contributed by atoms with E-state index in [1.54, 1.807) is 12.3 Å². The van der Waals surface area contributed by atoms with Gasteiger partial charge in [0.1, 0.15) is 0 Å². The minimum Gasteiger partial charge on any atom is -0.477 e. The molecule has 1 unspecified atom stereocenters. The lowest BCUT2D eigenvalue weighted by Gasteiger charge is -2.10. The SMILES string of the molecule is CCCC(C)COc1ccnc(N)n1. The maximum absolute atomic E-state index is 5.47. The molecule has 0 amide bonds. The zero-order valence-electron chi connectivity index (χ0n) is 8.73. The molecule has 0 radical (unpaired) electrons. The highest BCUT2D eigenvalue weighted by Gasteiger charge is 2.02. The van der Waals surface area contributed by atoms with Crippen molar-refractivity contribution in [3.63, 3.8) is 0 Å². The second kappa shape index (κ2) is 5.42. The van der Waals surface area contributed by atoms with E-state index in [1.165, 1.54) is 12.8 Å². The fraction of sp³-hybridized carbons (Fsp3) is 0.600. The van der Waals surface area contributed by atoms with Crippen molar-refractivity contribution in [2.45, 2.75) is 26.7 Å². The molecule has 1 heterocycles. The molecule has 0 saturated carbocycles. The van der Waals surface area contributed by atoms with Crippen LogP contribution < -0.4 is 10.5 Å². The number of nitrogens with two attached hydrogens (primary N) is 1. The van der Waals surface area contributed by atoms with Crippen molar-refractivity contribution in [3.05, 3.63) is 12.3 Å². The molecule has 0 aliphatic heterocycles. The van der Waals surface area contributed by atoms with Gasteiger partial charge in [-0.1, -0.05) is 20.3 Å². The molecular formula is C10H17N3O. The molecule has 0 aliphatic rings. The molecule has 0 bridgehead atoms. The number of hydrogen-bond donors (Lipinski definition) is 1. The van der Waals surface area contributed by atoms with E-state index in [9.17, 15) is 0 Å². The highest BCUT2D eigenvalue weighted by atomic mass is 16.5. The molecular weight excluding hydrogens is 178 g/mol. The first kappa shape index (κ1) is 10.8. The first-order valence-corrected chi connectivity index (χ1v) is 4.93. The Hall–Kier alpha value is -1.32. The Morgan fingerprint density at radius 2 is 2.36 bits per heavy atom. The minimum absolute atomic E-state index is 0.255. The first-order chi connectivity index (χ1) is 6.72. The van der Waals surface area contributed by atoms with Crippen LogP contribution in [0.2, 0.25) is 0 Å². The minimum atomic E-state index is 0.255. The Bertz CT molecular complexity index is 278. The summed E-state index contributed by atoms with van der Waals surface area (Å²) >= 11 is 0. The van der Waals surface area contributed by atoms with E-state index in [1.807, 2.05) is 0 Å². The highest BCUT2D eigenvalue weighted by Crippen LogP contribution is 2.10. The molecule has 2 N–H and O–H groups in total. The number of anilines is 1. The molecule has 14 heavy (non-hydrogen) atoms. The van der Waals surface area contributed by atoms with Crippen molar-refractivity contribution >= 4 is 5.95 Å². The summed E-state index contributed by atoms with van der Waals surface area (Å²) in [4.78, 5) is 7.74. The second-order valence-corrected chi connectivity index (χ2v) is 3.46. The number of aromatic nitrogens is 2. The number of nitrogen functional groups attached to an aromatic ring is 1. The predicted molar refractivity (Wildman–Crippen MR) is 56.0 cm³/mol. The quantitative estimate of drug-likeness (QED) is 0.779. The fourth-order valence-corrected chi connectivity index (χ4v) is 1.24. The van der Waals surface area contributed by atoms with Crippen molar-refractivity contribution in [2.75, 3.05) is 12.3 Å². The summed E-state index contributed by atoms with van der Waals surface area (Å²) < 4.78 is 5.47. The van der Waals surface area contributed by atoms with Crippen molar-refractivity contribution < 1.29 is 4.74 Å². The molecule has 4 nitrogen and oxygen atoms in total. The van der Waals surface area contributed by atoms with Crippen LogP contribution in [0.4, 0.5) is 5.95 Å². The predicted octanol–water partition coefficient (Wildman–Crippen LogP) is 1.87. The van der Waals surface area contributed by atoms with Crippen LogP contribution in [0.1, 0.15) is 26.7 Å². The summed E-state index contributed by atoms with van der Waals surface area (Å²) in [5.41, 5.74) is 5.42. The van der Waals surface area contributed by atoms with Gasteiger partial charge in [0, 0.05) is 12.3 Å². The van der Waals surface area contributed by atoms with Crippen molar-refractivity contribution in [1.82, 2.24) is 9.97 Å². The number of ether oxygens (including phenoxy) is 1. The summed E-state index contributed by atoms with van der Waals surface area (Å²) in [7, 11) is 0. The topological polar surface area (TPSA) is 61.0 Å². The van der Waals surface area contributed by atoms with Gasteiger partial charge in [-0.05, 0) is 12.3 Å². The number of rotatable bonds is 5. The van der Waals surface area contributed by atoms with E-state index in [-0.39, 0.29) is 5.95 Å². The van der Waals surface area contributed by atoms with E-state index < -0.39 is 0 Å². The zero-order valence-corrected chi connectivity index (χ0v) is 8.73. The zero-order chi connectivity index (χ0) is 10.4. The van der Waals surface area contributed by atoms with E-state index in [2.05, 4.69) is 23.8 Å². The van der Waals surface area contributed by atoms with Gasteiger partial charge in [-0.2, -0.15) is 4.98 Å². The molecule has 0 fully saturated rings. The molecule has 1 aromatic heterocycles. The van der Waals surface area contributed by atoms with E-state index >= 15 is 0 Å². The lowest BCUT2D eigenvalue weighted by Crippen LogP contribution is -2.09. The van der Waals surface area contributed by atoms with Crippen LogP contribution in [0.15, 0.2) is 12.3 Å². The Kier molecular flexibility index (Phi) is 4.16. The van der Waals surface area contributed by atoms with Crippen LogP contribution in [0.3, 0.4) is 0 Å². The smallest absolute Gasteiger partial charge is 0.223 e. The van der Waals surface area contributed by atoms with Gasteiger partial charge in [0.05, 0.1) is 6.61 Å². The molecule has 0 spiro atoms. The lowest BCUT2D eigenvalue weighted by atomic mass is 10.1. The maximum Gasteiger partial charge on any atom is 0.223 e. The molecule has 1 rings (SSSR count). The van der Waals surface area contributed by atoms with Gasteiger partial charge in [-0.25, -0.2) is 4.98 Å². The van der Waals surface area contributed by atoms with Crippen LogP contribution in [0, 0.1) is 5.92 Å². The second-order valence-electron chi connectivity index (χ2n) is 3.46. The monoisotopic (exact) mass is 195 g/mol. The van der Waals surface area contributed by atoms with Gasteiger partial charge in [-0.3, -0.25) is 0 Å². The first-order valence-electron chi connectivity index (χ1n) is 4.93. The standard InChI is InChI=1S/C10H17N3O/c1-3-4-8(2)7-14-9-5-6-12-10(11)13-9/h5-6,8H,3-4,7H2,1-2H3,(H2,11,12,13). The summed E-state index contributed by atoms with van der Waals surface area (Å²) in [6.45, 7) is 5.01. The molecule has 1 atom stereocenters. The molecule has 0 aromatic carbocycles. The summed E-state index contributed by atoms with van der Waals surface area (Å²) in [6, 6.07) is 1.72. The van der Waals surface area contributed by atoms with Gasteiger partial charge < -0.3 is 10.5 Å². The van der Waals surface area contributed by atoms with Crippen LogP contribution in [0.5, 0.6) is 5.88 Å². The number of nitrogens with zero attached hydrogens (tertiary/aromatic N) is 2. The van der Waals surface area contributed by atoms with Gasteiger partial charge in [0.25, 0.3) is 0 Å². The van der Waals surface area contributed by atoms with Gasteiger partial charge in [0.15, 0.2) is 0 Å². The van der Waals surface area contributed by atoms with Gasteiger partial charge >= 0.3 is 0 Å². The Labute approximate surface area is 84.5 Å². The molecule has 0 aliphatic carbocycles. The van der Waals surface area contributed by atoms with E-state index in [4.69, 9.17) is 10.5 Å². The molecule has 1 aromatic rings. The van der Waals surface area contributed by atoms with Crippen LogP contribution in [-0.2, 0) is 0 Å². The highest BCUT2D eigenvalue weighted by molar-refractivity contribution is 5.20. The van der Waals surface area contributed by atoms with Crippen LogP contribution in [0.25, 0.3) is 0 Å². The van der Waals surface area contributed by atoms with Crippen LogP contribution >= 0.6 is 0 Å². The van der Waals surface area contributed by atoms with Crippen molar-refractivity contribution in [2.24, 2.45) is 5.92 Å². The molecule has 78 valence electrons. The van der Waals surface area contributed by atoms with E-state index in [0.29, 0.717) is 18.4 Å². The Balaban J connectivity index is 2.37. The normalized spacial score (nSPS) is 12.4. The largest absolute Gasteiger partial charge is 0.477 e. The third kappa shape index (κ3) is 3.60. The Morgan fingerprint density at radius 1 is 1.57 bits per heavy atom. The van der Waals surface area contributed by atoms with Crippen LogP contribution in [-0.4, -0.2) is 16.6 Å². The lowest BCUT2D eigenvalue weighted by molar-refractivity contribution is 0.243. The summed E-state index contributed by atoms with van der Waals surface area (Å²) in [5, 5.41) is 0. The third-order valence-corrected chi connectivity index (χ3v) is 1.95.